The van der Waals surface area contributed by atoms with Gasteiger partial charge in [-0.3, -0.25) is 4.79 Å². The molecule has 0 spiro atoms. The molecule has 1 aromatic heterocycles. The molecule has 0 fully saturated rings. The average molecular weight is 243 g/mol. The lowest BCUT2D eigenvalue weighted by atomic mass is 9.99. The van der Waals surface area contributed by atoms with Gasteiger partial charge in [-0.25, -0.2) is 4.68 Å². The van der Waals surface area contributed by atoms with E-state index in [4.69, 9.17) is 0 Å². The summed E-state index contributed by atoms with van der Waals surface area (Å²) < 4.78 is 1.74. The zero-order valence-electron chi connectivity index (χ0n) is 9.71. The highest BCUT2D eigenvalue weighted by Crippen LogP contribution is 2.23. The van der Waals surface area contributed by atoms with Gasteiger partial charge in [0.2, 0.25) is 0 Å². The highest BCUT2D eigenvalue weighted by Gasteiger charge is 2.29. The first-order chi connectivity index (χ1) is 8.75. The van der Waals surface area contributed by atoms with Gasteiger partial charge in [-0.15, -0.1) is 0 Å². The molecule has 1 unspecified atom stereocenters. The van der Waals surface area contributed by atoms with Crippen LogP contribution in [0.3, 0.4) is 0 Å². The third kappa shape index (κ3) is 1.78. The summed E-state index contributed by atoms with van der Waals surface area (Å²) in [7, 11) is 0. The van der Waals surface area contributed by atoms with Crippen LogP contribution < -0.4 is 5.32 Å². The summed E-state index contributed by atoms with van der Waals surface area (Å²) in [5.41, 5.74) is 2.57. The van der Waals surface area contributed by atoms with E-state index in [-0.39, 0.29) is 0 Å². The fourth-order valence-electron chi connectivity index (χ4n) is 2.22. The van der Waals surface area contributed by atoms with E-state index in [0.29, 0.717) is 18.8 Å². The summed E-state index contributed by atoms with van der Waals surface area (Å²) >= 11 is 0. The molecule has 0 amide bonds. The predicted molar refractivity (Wildman–Crippen MR) is 65.6 cm³/mol. The number of carboxylic acids is 1. The van der Waals surface area contributed by atoms with E-state index in [1.807, 2.05) is 36.5 Å². The van der Waals surface area contributed by atoms with Crippen LogP contribution in [0, 0.1) is 0 Å². The Bertz CT molecular complexity index is 577. The maximum absolute atomic E-state index is 11.2. The van der Waals surface area contributed by atoms with Crippen LogP contribution in [0.2, 0.25) is 0 Å². The number of rotatable bonds is 2. The Morgan fingerprint density at radius 2 is 2.17 bits per heavy atom. The fourth-order valence-corrected chi connectivity index (χ4v) is 2.22. The van der Waals surface area contributed by atoms with Crippen LogP contribution in [0.5, 0.6) is 0 Å². The zero-order valence-corrected chi connectivity index (χ0v) is 9.71. The van der Waals surface area contributed by atoms with Crippen LogP contribution in [-0.4, -0.2) is 27.4 Å². The van der Waals surface area contributed by atoms with Crippen molar-refractivity contribution in [2.24, 2.45) is 0 Å². The first kappa shape index (κ1) is 11.0. The molecule has 92 valence electrons. The number of carbonyl (C=O) groups is 1. The highest BCUT2D eigenvalue weighted by molar-refractivity contribution is 5.76. The number of aromatic nitrogens is 2. The molecule has 0 aliphatic carbocycles. The van der Waals surface area contributed by atoms with Crippen molar-refractivity contribution in [1.82, 2.24) is 15.1 Å². The summed E-state index contributed by atoms with van der Waals surface area (Å²) in [5.74, 6) is -1.39. The van der Waals surface area contributed by atoms with Crippen LogP contribution in [-0.2, 0) is 11.3 Å². The average Bonchev–Trinajstić information content (AvgIpc) is 2.83. The quantitative estimate of drug-likeness (QED) is 0.830. The number of carboxylic acid groups (broad SMARTS) is 1. The van der Waals surface area contributed by atoms with E-state index in [9.17, 15) is 9.90 Å². The van der Waals surface area contributed by atoms with Crippen molar-refractivity contribution in [3.05, 3.63) is 47.8 Å². The summed E-state index contributed by atoms with van der Waals surface area (Å²) in [6.45, 7) is 1.11. The van der Waals surface area contributed by atoms with Crippen molar-refractivity contribution in [2.75, 3.05) is 6.54 Å². The normalized spacial score (nSPS) is 18.3. The molecule has 2 aromatic rings. The minimum atomic E-state index is -0.832. The van der Waals surface area contributed by atoms with Gasteiger partial charge < -0.3 is 10.4 Å². The molecule has 3 rings (SSSR count). The molecule has 2 heterocycles. The van der Waals surface area contributed by atoms with Crippen molar-refractivity contribution in [2.45, 2.75) is 12.5 Å². The largest absolute Gasteiger partial charge is 0.481 e. The second-order valence-corrected chi connectivity index (χ2v) is 4.34. The van der Waals surface area contributed by atoms with Gasteiger partial charge in [-0.1, -0.05) is 18.2 Å². The van der Waals surface area contributed by atoms with Crippen LogP contribution in [0.1, 0.15) is 17.2 Å². The van der Waals surface area contributed by atoms with E-state index in [1.54, 1.807) is 4.68 Å². The Morgan fingerprint density at radius 1 is 1.39 bits per heavy atom. The van der Waals surface area contributed by atoms with Gasteiger partial charge in [-0.05, 0) is 12.1 Å². The van der Waals surface area contributed by atoms with Gasteiger partial charge in [0.1, 0.15) is 5.92 Å². The highest BCUT2D eigenvalue weighted by atomic mass is 16.4. The Kier molecular flexibility index (Phi) is 2.60. The molecular formula is C13H13N3O2. The fraction of sp³-hybridized carbons (Fsp3) is 0.231. The Hall–Kier alpha value is -2.14. The third-order valence-electron chi connectivity index (χ3n) is 3.14. The van der Waals surface area contributed by atoms with Crippen LogP contribution in [0.4, 0.5) is 0 Å². The van der Waals surface area contributed by atoms with Gasteiger partial charge in [0.05, 0.1) is 11.4 Å². The number of nitrogens with one attached hydrogen (secondary N) is 1. The van der Waals surface area contributed by atoms with Crippen molar-refractivity contribution in [3.8, 4) is 5.69 Å². The molecule has 0 saturated heterocycles. The number of nitrogens with zero attached hydrogens (tertiary/aromatic N) is 2. The molecule has 0 saturated carbocycles. The predicted octanol–water partition coefficient (Wildman–Crippen LogP) is 1.14. The first-order valence-electron chi connectivity index (χ1n) is 5.83. The van der Waals surface area contributed by atoms with E-state index >= 15 is 0 Å². The summed E-state index contributed by atoms with van der Waals surface area (Å²) in [6, 6.07) is 9.70. The Balaban J connectivity index is 2.04. The number of benzene rings is 1. The zero-order chi connectivity index (χ0) is 12.5. The molecule has 2 N–H and O–H groups in total. The molecule has 1 aliphatic rings. The van der Waals surface area contributed by atoms with Crippen LogP contribution in [0.25, 0.3) is 5.69 Å². The van der Waals surface area contributed by atoms with Crippen molar-refractivity contribution >= 4 is 5.97 Å². The number of para-hydroxylation sites is 1. The minimum Gasteiger partial charge on any atom is -0.481 e. The van der Waals surface area contributed by atoms with E-state index < -0.39 is 11.9 Å². The van der Waals surface area contributed by atoms with E-state index in [1.165, 1.54) is 0 Å². The van der Waals surface area contributed by atoms with Crippen LogP contribution >= 0.6 is 0 Å². The summed E-state index contributed by atoms with van der Waals surface area (Å²) in [6.07, 6.45) is 1.90. The van der Waals surface area contributed by atoms with Crippen molar-refractivity contribution < 1.29 is 9.90 Å². The third-order valence-corrected chi connectivity index (χ3v) is 3.14. The molecule has 1 atom stereocenters. The van der Waals surface area contributed by atoms with Crippen LogP contribution in [0.15, 0.2) is 36.5 Å². The van der Waals surface area contributed by atoms with Gasteiger partial charge >= 0.3 is 5.97 Å². The Labute approximate surface area is 104 Å². The standard InChI is InChI=1S/C13H13N3O2/c17-13(18)11-7-14-6-9-8-16(15-12(9)11)10-4-2-1-3-5-10/h1-5,8,11,14H,6-7H2,(H,17,18). The number of hydrogen-bond acceptors (Lipinski definition) is 3. The lowest BCUT2D eigenvalue weighted by Crippen LogP contribution is -2.32. The summed E-state index contributed by atoms with van der Waals surface area (Å²) in [5, 5.41) is 16.7. The molecule has 0 bridgehead atoms. The lowest BCUT2D eigenvalue weighted by molar-refractivity contribution is -0.138. The van der Waals surface area contributed by atoms with Gasteiger partial charge in [0.15, 0.2) is 0 Å². The molecular weight excluding hydrogens is 230 g/mol. The number of aliphatic carboxylic acids is 1. The molecule has 5 heteroatoms. The maximum Gasteiger partial charge on any atom is 0.313 e. The summed E-state index contributed by atoms with van der Waals surface area (Å²) in [4.78, 5) is 11.2. The molecule has 18 heavy (non-hydrogen) atoms. The van der Waals surface area contributed by atoms with E-state index in [2.05, 4.69) is 10.4 Å². The second kappa shape index (κ2) is 4.27. The maximum atomic E-state index is 11.2. The monoisotopic (exact) mass is 243 g/mol. The van der Waals surface area contributed by atoms with Gasteiger partial charge in [0.25, 0.3) is 0 Å². The molecule has 0 radical (unpaired) electrons. The lowest BCUT2D eigenvalue weighted by Gasteiger charge is -2.17. The Morgan fingerprint density at radius 3 is 2.89 bits per heavy atom. The smallest absolute Gasteiger partial charge is 0.313 e. The number of fused-ring (bicyclic) bond motifs is 1. The molecule has 1 aliphatic heterocycles. The van der Waals surface area contributed by atoms with E-state index in [0.717, 1.165) is 11.3 Å². The van der Waals surface area contributed by atoms with Gasteiger partial charge in [0, 0.05) is 24.8 Å². The molecule has 1 aromatic carbocycles. The van der Waals surface area contributed by atoms with Gasteiger partial charge in [-0.2, -0.15) is 5.10 Å². The SMILES string of the molecule is O=C(O)C1CNCc2cn(-c3ccccc3)nc21. The van der Waals surface area contributed by atoms with Crippen molar-refractivity contribution in [3.63, 3.8) is 0 Å². The van der Waals surface area contributed by atoms with Crippen molar-refractivity contribution in [1.29, 1.82) is 0 Å². The molecule has 5 nitrogen and oxygen atoms in total. The topological polar surface area (TPSA) is 67.2 Å². The number of hydrogen-bond donors (Lipinski definition) is 2. The first-order valence-corrected chi connectivity index (χ1v) is 5.83. The second-order valence-electron chi connectivity index (χ2n) is 4.34. The minimum absolute atomic E-state index is 0.439.